The van der Waals surface area contributed by atoms with Crippen molar-refractivity contribution in [1.29, 1.82) is 0 Å². The van der Waals surface area contributed by atoms with E-state index in [4.69, 9.17) is 8.37 Å². The third-order valence-electron chi connectivity index (χ3n) is 5.90. The Kier molecular flexibility index (Phi) is 15.1. The normalized spacial score (nSPS) is 16.1. The first-order chi connectivity index (χ1) is 21.6. The SMILES string of the molecule is CC(C)C(OS(=O)(=O)C(F)(F)F)C(C)OS(=O)(=O)C(F)(F)F.CC(C)C(OS(=O)(=O)c1ccccc1)C(C)OS(=O)(=O)c1ccccc1. The Hall–Kier alpha value is -2.34. The van der Waals surface area contributed by atoms with Crippen molar-refractivity contribution in [3.05, 3.63) is 60.7 Å². The summed E-state index contributed by atoms with van der Waals surface area (Å²) in [4.78, 5) is 0.00374. The molecule has 4 atom stereocenters. The minimum atomic E-state index is -6.13. The van der Waals surface area contributed by atoms with Crippen LogP contribution in [0.25, 0.3) is 0 Å². The molecule has 22 heteroatoms. The van der Waals surface area contributed by atoms with E-state index in [1.807, 2.05) is 0 Å². The highest BCUT2D eigenvalue weighted by Crippen LogP contribution is 2.31. The van der Waals surface area contributed by atoms with Gasteiger partial charge in [0.2, 0.25) is 0 Å². The lowest BCUT2D eigenvalue weighted by molar-refractivity contribution is -0.0729. The highest BCUT2D eigenvalue weighted by molar-refractivity contribution is 7.88. The van der Waals surface area contributed by atoms with Gasteiger partial charge in [-0.05, 0) is 49.9 Å². The monoisotopic (exact) mass is 780 g/mol. The largest absolute Gasteiger partial charge is 0.523 e. The second kappa shape index (κ2) is 16.6. The van der Waals surface area contributed by atoms with Crippen LogP contribution in [0.4, 0.5) is 26.3 Å². The first-order valence-electron chi connectivity index (χ1n) is 13.5. The molecule has 0 aliphatic heterocycles. The molecule has 2 aromatic rings. The fourth-order valence-electron chi connectivity index (χ4n) is 3.66. The number of hydrogen-bond donors (Lipinski definition) is 0. The van der Waals surface area contributed by atoms with Gasteiger partial charge in [0, 0.05) is 0 Å². The molecule has 0 spiro atoms. The maximum absolute atomic E-state index is 12.5. The van der Waals surface area contributed by atoms with Gasteiger partial charge in [-0.25, -0.2) is 0 Å². The molecule has 12 nitrogen and oxygen atoms in total. The summed E-state index contributed by atoms with van der Waals surface area (Å²) in [6, 6.07) is 15.4. The second-order valence-electron chi connectivity index (χ2n) is 10.5. The zero-order valence-corrected chi connectivity index (χ0v) is 29.3. The van der Waals surface area contributed by atoms with Gasteiger partial charge in [-0.1, -0.05) is 64.1 Å². The number of alkyl halides is 6. The van der Waals surface area contributed by atoms with E-state index in [1.54, 1.807) is 50.2 Å². The lowest BCUT2D eigenvalue weighted by Gasteiger charge is -2.27. The van der Waals surface area contributed by atoms with Gasteiger partial charge in [0.25, 0.3) is 20.2 Å². The molecule has 0 fully saturated rings. The summed E-state index contributed by atoms with van der Waals surface area (Å²) in [5, 5.41) is 0. The number of benzene rings is 2. The number of hydrogen-bond acceptors (Lipinski definition) is 12. The minimum absolute atomic E-state index is 0.000252. The molecule has 0 radical (unpaired) electrons. The highest BCUT2D eigenvalue weighted by Gasteiger charge is 2.52. The van der Waals surface area contributed by atoms with E-state index in [2.05, 4.69) is 8.37 Å². The van der Waals surface area contributed by atoms with E-state index >= 15 is 0 Å². The summed E-state index contributed by atoms with van der Waals surface area (Å²) < 4.78 is 184. The summed E-state index contributed by atoms with van der Waals surface area (Å²) in [7, 11) is -20.3. The summed E-state index contributed by atoms with van der Waals surface area (Å²) >= 11 is 0. The van der Waals surface area contributed by atoms with Crippen LogP contribution in [0.1, 0.15) is 41.5 Å². The van der Waals surface area contributed by atoms with Crippen molar-refractivity contribution in [3.8, 4) is 0 Å². The maximum atomic E-state index is 12.5. The zero-order chi connectivity index (χ0) is 37.5. The predicted octanol–water partition coefficient (Wildman–Crippen LogP) is 5.34. The fraction of sp³-hybridized carbons (Fsp3) is 0.538. The second-order valence-corrected chi connectivity index (χ2v) is 16.8. The molecule has 0 amide bonds. The van der Waals surface area contributed by atoms with Gasteiger partial charge in [0.05, 0.1) is 9.79 Å². The molecule has 0 saturated carbocycles. The van der Waals surface area contributed by atoms with Crippen LogP contribution in [0.15, 0.2) is 70.5 Å². The van der Waals surface area contributed by atoms with Crippen LogP contribution in [0.2, 0.25) is 0 Å². The lowest BCUT2D eigenvalue weighted by Crippen LogP contribution is -2.42. The van der Waals surface area contributed by atoms with Crippen LogP contribution in [-0.4, -0.2) is 69.1 Å². The standard InChI is InChI=1S/C18H22O6S2.C8H12F6O6S2/c1-14(2)18(24-26(21,22)17-12-8-5-9-13-17)15(3)23-25(19,20)16-10-6-4-7-11-16;1-4(2)6(20-22(17,18)8(12,13)14)5(3)19-21(15,16)7(9,10)11/h4-15,18H,1-3H3;4-6H,1-3H3. The van der Waals surface area contributed by atoms with Crippen molar-refractivity contribution in [3.63, 3.8) is 0 Å². The molecule has 4 unspecified atom stereocenters. The number of halogens is 6. The third kappa shape index (κ3) is 12.5. The molecule has 2 aromatic carbocycles. The van der Waals surface area contributed by atoms with E-state index in [-0.39, 0.29) is 15.7 Å². The lowest BCUT2D eigenvalue weighted by atomic mass is 10.0. The van der Waals surface area contributed by atoms with E-state index in [0.29, 0.717) is 6.92 Å². The highest BCUT2D eigenvalue weighted by atomic mass is 32.2. The Morgan fingerprint density at radius 2 is 0.750 bits per heavy atom. The first kappa shape index (κ1) is 43.7. The quantitative estimate of drug-likeness (QED) is 0.137. The molecule has 276 valence electrons. The van der Waals surface area contributed by atoms with Crippen LogP contribution in [-0.2, 0) is 57.2 Å². The molecule has 48 heavy (non-hydrogen) atoms. The predicted molar refractivity (Wildman–Crippen MR) is 158 cm³/mol. The van der Waals surface area contributed by atoms with Crippen molar-refractivity contribution in [2.75, 3.05) is 0 Å². The molecule has 0 aliphatic rings. The van der Waals surface area contributed by atoms with Gasteiger partial charge in [0.1, 0.15) is 24.4 Å². The van der Waals surface area contributed by atoms with Gasteiger partial charge in [0.15, 0.2) is 0 Å². The molecule has 0 bridgehead atoms. The molecule has 0 aromatic heterocycles. The van der Waals surface area contributed by atoms with Crippen molar-refractivity contribution in [2.24, 2.45) is 11.8 Å². The van der Waals surface area contributed by atoms with Crippen LogP contribution < -0.4 is 0 Å². The van der Waals surface area contributed by atoms with Crippen LogP contribution in [0.3, 0.4) is 0 Å². The summed E-state index contributed by atoms with van der Waals surface area (Å²) in [6.07, 6.45) is -6.22. The van der Waals surface area contributed by atoms with Crippen molar-refractivity contribution in [1.82, 2.24) is 0 Å². The van der Waals surface area contributed by atoms with Crippen molar-refractivity contribution < 1.29 is 76.7 Å². The van der Waals surface area contributed by atoms with Gasteiger partial charge < -0.3 is 0 Å². The average Bonchev–Trinajstić information content (AvgIpc) is 2.94. The Balaban J connectivity index is 0.000000488. The van der Waals surface area contributed by atoms with Crippen LogP contribution >= 0.6 is 0 Å². The minimum Gasteiger partial charge on any atom is -0.261 e. The molecule has 0 aliphatic carbocycles. The fourth-order valence-corrected chi connectivity index (χ4v) is 7.44. The zero-order valence-electron chi connectivity index (χ0n) is 26.0. The van der Waals surface area contributed by atoms with Gasteiger partial charge in [-0.2, -0.15) is 60.0 Å². The summed E-state index contributed by atoms with van der Waals surface area (Å²) in [5.41, 5.74) is -11.6. The van der Waals surface area contributed by atoms with E-state index in [9.17, 15) is 60.0 Å². The van der Waals surface area contributed by atoms with E-state index < -0.39 is 81.8 Å². The molecule has 0 saturated heterocycles. The summed E-state index contributed by atoms with van der Waals surface area (Å²) in [6.45, 7) is 7.80. The van der Waals surface area contributed by atoms with Crippen molar-refractivity contribution >= 4 is 40.5 Å². The van der Waals surface area contributed by atoms with Crippen LogP contribution in [0.5, 0.6) is 0 Å². The number of rotatable bonds is 14. The molecule has 0 N–H and O–H groups in total. The summed E-state index contributed by atoms with van der Waals surface area (Å²) in [5.74, 6) is -1.40. The molecular formula is C26H34F6O12S4. The topological polar surface area (TPSA) is 173 Å². The van der Waals surface area contributed by atoms with Crippen LogP contribution in [0, 0.1) is 11.8 Å². The van der Waals surface area contributed by atoms with E-state index in [0.717, 1.165) is 13.8 Å². The third-order valence-corrected chi connectivity index (χ3v) is 10.8. The smallest absolute Gasteiger partial charge is 0.261 e. The first-order valence-corrected chi connectivity index (χ1v) is 19.1. The Labute approximate surface area is 275 Å². The molecule has 2 rings (SSSR count). The van der Waals surface area contributed by atoms with E-state index in [1.165, 1.54) is 31.2 Å². The van der Waals surface area contributed by atoms with Gasteiger partial charge >= 0.3 is 31.3 Å². The Morgan fingerprint density at radius 1 is 0.458 bits per heavy atom. The van der Waals surface area contributed by atoms with Gasteiger partial charge in [-0.3, -0.25) is 16.7 Å². The maximum Gasteiger partial charge on any atom is 0.523 e. The molecule has 0 heterocycles. The Morgan fingerprint density at radius 3 is 1.08 bits per heavy atom. The average molecular weight is 781 g/mol. The van der Waals surface area contributed by atoms with Gasteiger partial charge in [-0.15, -0.1) is 0 Å². The molecular weight excluding hydrogens is 747 g/mol. The Bertz CT molecular complexity index is 1750. The van der Waals surface area contributed by atoms with Crippen molar-refractivity contribution in [2.45, 2.75) is 86.8 Å².